The zero-order chi connectivity index (χ0) is 29.8. The van der Waals surface area contributed by atoms with Crippen molar-refractivity contribution in [2.24, 2.45) is 23.7 Å². The Morgan fingerprint density at radius 2 is 1.81 bits per heavy atom. The number of halogens is 3. The van der Waals surface area contributed by atoms with Crippen LogP contribution in [-0.2, 0) is 31.5 Å². The summed E-state index contributed by atoms with van der Waals surface area (Å²) in [6.07, 6.45) is 2.71. The summed E-state index contributed by atoms with van der Waals surface area (Å²) >= 11 is 0. The maximum Gasteiger partial charge on any atom is 0.309 e. The number of aromatic nitrogens is 2. The highest BCUT2D eigenvalue weighted by atomic mass is 32.2. The molecule has 2 aromatic carbocycles. The van der Waals surface area contributed by atoms with Crippen LogP contribution in [0.25, 0.3) is 5.69 Å². The van der Waals surface area contributed by atoms with E-state index in [0.717, 1.165) is 25.3 Å². The molecular weight excluding hydrogens is 569 g/mol. The largest absolute Gasteiger partial charge is 0.466 e. The van der Waals surface area contributed by atoms with Crippen LogP contribution in [0, 0.1) is 41.1 Å². The number of esters is 1. The molecule has 2 aliphatic carbocycles. The topological polar surface area (TPSA) is 95.3 Å². The first kappa shape index (κ1) is 28.6. The van der Waals surface area contributed by atoms with Gasteiger partial charge in [0.25, 0.3) is 0 Å². The number of benzene rings is 2. The minimum Gasteiger partial charge on any atom is -0.466 e. The third-order valence-electron chi connectivity index (χ3n) is 9.07. The first-order valence-corrected chi connectivity index (χ1v) is 16.1. The normalized spacial score (nSPS) is 25.8. The number of hydrogen-bond donors (Lipinski definition) is 0. The van der Waals surface area contributed by atoms with E-state index in [1.165, 1.54) is 28.9 Å². The lowest BCUT2D eigenvalue weighted by molar-refractivity contribution is -0.151. The zero-order valence-corrected chi connectivity index (χ0v) is 23.9. The molecule has 222 valence electrons. The van der Waals surface area contributed by atoms with Crippen molar-refractivity contribution in [1.82, 2.24) is 9.78 Å². The minimum absolute atomic E-state index is 0.0192. The summed E-state index contributed by atoms with van der Waals surface area (Å²) in [7, 11) is -3.71. The molecule has 0 N–H and O–H groups in total. The number of hydrogen-bond acceptors (Lipinski definition) is 6. The predicted octanol–water partition coefficient (Wildman–Crippen LogP) is 5.34. The smallest absolute Gasteiger partial charge is 0.309 e. The number of ketones is 1. The van der Waals surface area contributed by atoms with Crippen molar-refractivity contribution in [3.05, 3.63) is 82.4 Å². The van der Waals surface area contributed by atoms with Gasteiger partial charge in [0.1, 0.15) is 23.0 Å². The monoisotopic (exact) mass is 600 g/mol. The van der Waals surface area contributed by atoms with Crippen LogP contribution in [-0.4, -0.2) is 42.3 Å². The fourth-order valence-corrected chi connectivity index (χ4v) is 9.21. The van der Waals surface area contributed by atoms with Crippen LogP contribution in [0.5, 0.6) is 0 Å². The third-order valence-corrected chi connectivity index (χ3v) is 10.7. The van der Waals surface area contributed by atoms with E-state index in [2.05, 4.69) is 5.10 Å². The maximum atomic E-state index is 15.1. The summed E-state index contributed by atoms with van der Waals surface area (Å²) in [5, 5.41) is 4.49. The second kappa shape index (κ2) is 11.0. The Morgan fingerprint density at radius 3 is 2.55 bits per heavy atom. The molecule has 1 aliphatic heterocycles. The molecule has 3 aromatic rings. The van der Waals surface area contributed by atoms with Gasteiger partial charge in [-0.1, -0.05) is 12.1 Å². The third kappa shape index (κ3) is 5.27. The molecule has 0 amide bonds. The first-order chi connectivity index (χ1) is 20.0. The first-order valence-electron chi connectivity index (χ1n) is 14.3. The van der Waals surface area contributed by atoms with Gasteiger partial charge in [-0.3, -0.25) is 9.59 Å². The lowest BCUT2D eigenvalue weighted by Crippen LogP contribution is -2.33. The van der Waals surface area contributed by atoms with Crippen LogP contribution in [0.3, 0.4) is 0 Å². The number of Topliss-reactive ketones (excluding diaryl/α,β-unsaturated/α-hetero) is 1. The maximum absolute atomic E-state index is 15.1. The molecule has 2 bridgehead atoms. The summed E-state index contributed by atoms with van der Waals surface area (Å²) in [5.41, 5.74) is 0.818. The number of rotatable bonds is 8. The molecule has 2 unspecified atom stereocenters. The number of ether oxygens (including phenoxy) is 1. The molecule has 42 heavy (non-hydrogen) atoms. The van der Waals surface area contributed by atoms with E-state index in [-0.39, 0.29) is 65.9 Å². The van der Waals surface area contributed by atoms with Gasteiger partial charge in [-0.2, -0.15) is 5.10 Å². The molecule has 5 atom stereocenters. The van der Waals surface area contributed by atoms with Crippen molar-refractivity contribution in [2.75, 3.05) is 12.4 Å². The lowest BCUT2D eigenvalue weighted by atomic mass is 9.76. The van der Waals surface area contributed by atoms with Crippen LogP contribution < -0.4 is 0 Å². The molecule has 2 fully saturated rings. The Bertz CT molecular complexity index is 1670. The molecule has 1 aromatic heterocycles. The van der Waals surface area contributed by atoms with Crippen molar-refractivity contribution < 1.29 is 35.9 Å². The Morgan fingerprint density at radius 1 is 1.05 bits per heavy atom. The summed E-state index contributed by atoms with van der Waals surface area (Å²) in [4.78, 5) is 26.8. The highest BCUT2D eigenvalue weighted by Crippen LogP contribution is 2.54. The van der Waals surface area contributed by atoms with E-state index in [4.69, 9.17) is 4.74 Å². The van der Waals surface area contributed by atoms with E-state index in [0.29, 0.717) is 17.3 Å². The molecule has 7 nitrogen and oxygen atoms in total. The molecule has 0 spiro atoms. The molecule has 2 saturated carbocycles. The second-order valence-corrected chi connectivity index (χ2v) is 13.8. The number of carbonyl (C=O) groups is 2. The number of carbonyl (C=O) groups excluding carboxylic acids is 2. The van der Waals surface area contributed by atoms with Crippen LogP contribution in [0.15, 0.2) is 42.5 Å². The van der Waals surface area contributed by atoms with Gasteiger partial charge < -0.3 is 4.74 Å². The van der Waals surface area contributed by atoms with E-state index >= 15 is 4.39 Å². The Balaban J connectivity index is 1.44. The van der Waals surface area contributed by atoms with Gasteiger partial charge in [0, 0.05) is 24.0 Å². The second-order valence-electron chi connectivity index (χ2n) is 11.7. The van der Waals surface area contributed by atoms with Gasteiger partial charge in [0.2, 0.25) is 0 Å². The van der Waals surface area contributed by atoms with Crippen molar-refractivity contribution >= 4 is 21.6 Å². The molecule has 2 heterocycles. The van der Waals surface area contributed by atoms with Crippen LogP contribution in [0.2, 0.25) is 0 Å². The van der Waals surface area contributed by atoms with Crippen molar-refractivity contribution in [3.63, 3.8) is 0 Å². The van der Waals surface area contributed by atoms with Crippen LogP contribution in [0.4, 0.5) is 13.2 Å². The molecule has 0 saturated heterocycles. The van der Waals surface area contributed by atoms with Gasteiger partial charge in [0.15, 0.2) is 21.4 Å². The molecule has 3 aliphatic rings. The SMILES string of the molecule is CCOC(=O)[C@@H]1C2CCC(C2)[C@@H]1CC(=O)c1nn(-c2ccc(F)cc2F)c2c1CS(=O)(=O)C[C@@H]2Cc1cccc(F)c1. The number of nitrogens with zero attached hydrogens (tertiary/aromatic N) is 2. The van der Waals surface area contributed by atoms with Crippen LogP contribution in [0.1, 0.15) is 65.8 Å². The van der Waals surface area contributed by atoms with Gasteiger partial charge in [-0.25, -0.2) is 26.3 Å². The van der Waals surface area contributed by atoms with Crippen molar-refractivity contribution in [1.29, 1.82) is 0 Å². The number of fused-ring (bicyclic) bond motifs is 3. The minimum atomic E-state index is -3.71. The summed E-state index contributed by atoms with van der Waals surface area (Å²) in [6.45, 7) is 1.97. The van der Waals surface area contributed by atoms with E-state index in [1.807, 2.05) is 0 Å². The summed E-state index contributed by atoms with van der Waals surface area (Å²) in [6, 6.07) is 8.72. The van der Waals surface area contributed by atoms with Gasteiger partial charge in [-0.15, -0.1) is 0 Å². The van der Waals surface area contributed by atoms with Gasteiger partial charge >= 0.3 is 5.97 Å². The standard InChI is InChI=1S/C31H31F3N2O5S/c1-2-41-31(38)28-19-7-6-18(12-19)23(28)14-27(37)29-24-16-42(39,40)15-20(10-17-4-3-5-21(32)11-17)30(24)36(35-29)26-9-8-22(33)13-25(26)34/h3-5,8-9,11,13,18-20,23,28H,2,6-7,10,12,14-16H2,1H3/t18?,19?,20-,23-,28+/m0/s1. The van der Waals surface area contributed by atoms with E-state index in [9.17, 15) is 26.8 Å². The van der Waals surface area contributed by atoms with Gasteiger partial charge in [-0.05, 0) is 80.2 Å². The molecule has 6 rings (SSSR count). The molecule has 0 radical (unpaired) electrons. The van der Waals surface area contributed by atoms with Crippen LogP contribution >= 0.6 is 0 Å². The fraction of sp³-hybridized carbons (Fsp3) is 0.452. The quantitative estimate of drug-likeness (QED) is 0.256. The molecule has 11 heteroatoms. The highest BCUT2D eigenvalue weighted by molar-refractivity contribution is 7.90. The Kier molecular flexibility index (Phi) is 7.49. The van der Waals surface area contributed by atoms with Gasteiger partial charge in [0.05, 0.1) is 29.7 Å². The average molecular weight is 601 g/mol. The van der Waals surface area contributed by atoms with E-state index < -0.39 is 50.7 Å². The highest BCUT2D eigenvalue weighted by Gasteiger charge is 2.52. The number of sulfone groups is 1. The zero-order valence-electron chi connectivity index (χ0n) is 23.1. The summed E-state index contributed by atoms with van der Waals surface area (Å²) < 4.78 is 75.8. The van der Waals surface area contributed by atoms with E-state index in [1.54, 1.807) is 13.0 Å². The fourth-order valence-electron chi connectivity index (χ4n) is 7.47. The average Bonchev–Trinajstić information content (AvgIpc) is 3.62. The van der Waals surface area contributed by atoms with Crippen molar-refractivity contribution in [3.8, 4) is 5.69 Å². The van der Waals surface area contributed by atoms with Crippen molar-refractivity contribution in [2.45, 2.75) is 50.7 Å². The summed E-state index contributed by atoms with van der Waals surface area (Å²) in [5.74, 6) is -4.86. The Labute approximate surface area is 242 Å². The Hall–Kier alpha value is -3.47. The molecular formula is C31H31F3N2O5S. The lowest BCUT2D eigenvalue weighted by Gasteiger charge is -2.29. The predicted molar refractivity (Wildman–Crippen MR) is 147 cm³/mol.